The number of carbonyl (C=O) groups is 3. The molecule has 35 heavy (non-hydrogen) atoms. The predicted molar refractivity (Wildman–Crippen MR) is 149 cm³/mol. The highest BCUT2D eigenvalue weighted by molar-refractivity contribution is 14.1. The van der Waals surface area contributed by atoms with Gasteiger partial charge in [0.05, 0.1) is 25.7 Å². The molecule has 7 nitrogen and oxygen atoms in total. The molecule has 1 aliphatic heterocycles. The van der Waals surface area contributed by atoms with Gasteiger partial charge in [0.2, 0.25) is 5.76 Å². The Bertz CT molecular complexity index is 1310. The van der Waals surface area contributed by atoms with Gasteiger partial charge in [-0.1, -0.05) is 29.8 Å². The maximum Gasteiger partial charge on any atom is 0.373 e. The van der Waals surface area contributed by atoms with Gasteiger partial charge in [0, 0.05) is 0 Å². The third-order valence-corrected chi connectivity index (χ3v) is 7.57. The Hall–Kier alpha value is -2.32. The van der Waals surface area contributed by atoms with Crippen LogP contribution in [0.2, 0.25) is 0 Å². The number of esters is 1. The largest absolute Gasteiger partial charge is 0.487 e. The van der Waals surface area contributed by atoms with Gasteiger partial charge in [-0.25, -0.2) is 4.79 Å². The molecule has 1 fully saturated rings. The minimum Gasteiger partial charge on any atom is -0.487 e. The minimum absolute atomic E-state index is 0.0128. The Morgan fingerprint density at radius 2 is 1.77 bits per heavy atom. The maximum absolute atomic E-state index is 12.9. The number of imide groups is 1. The molecule has 2 amide bonds. The lowest BCUT2D eigenvalue weighted by atomic mass is 10.1. The summed E-state index contributed by atoms with van der Waals surface area (Å²) in [4.78, 5) is 38.4. The third kappa shape index (κ3) is 6.09. The van der Waals surface area contributed by atoms with E-state index in [4.69, 9.17) is 9.15 Å². The summed E-state index contributed by atoms with van der Waals surface area (Å²) < 4.78 is 17.9. The van der Waals surface area contributed by atoms with Crippen molar-refractivity contribution < 1.29 is 28.3 Å². The van der Waals surface area contributed by atoms with Crippen molar-refractivity contribution in [3.8, 4) is 5.75 Å². The average molecular weight is 715 g/mol. The summed E-state index contributed by atoms with van der Waals surface area (Å²) in [7, 11) is 1.25. The molecule has 180 valence electrons. The second-order valence-electron chi connectivity index (χ2n) is 7.61. The summed E-state index contributed by atoms with van der Waals surface area (Å²) in [6, 6.07) is 15.0. The average Bonchev–Trinajstić information content (AvgIpc) is 3.39. The molecule has 2 heterocycles. The Balaban J connectivity index is 1.47. The third-order valence-electron chi connectivity index (χ3n) is 5.06. The van der Waals surface area contributed by atoms with Crippen LogP contribution in [0.3, 0.4) is 0 Å². The molecule has 2 aromatic carbocycles. The first kappa shape index (κ1) is 25.8. The number of ether oxygens (including phenoxy) is 2. The minimum atomic E-state index is -0.624. The zero-order valence-corrected chi connectivity index (χ0v) is 23.8. The summed E-state index contributed by atoms with van der Waals surface area (Å²) >= 11 is 5.28. The molecule has 1 aromatic heterocycles. The van der Waals surface area contributed by atoms with E-state index in [0.29, 0.717) is 17.3 Å². The van der Waals surface area contributed by atoms with E-state index in [1.165, 1.54) is 18.7 Å². The summed E-state index contributed by atoms with van der Waals surface area (Å²) in [5.41, 5.74) is 3.06. The van der Waals surface area contributed by atoms with Crippen molar-refractivity contribution in [3.05, 3.63) is 88.8 Å². The van der Waals surface area contributed by atoms with Gasteiger partial charge in [0.15, 0.2) is 0 Å². The van der Waals surface area contributed by atoms with Crippen molar-refractivity contribution in [2.24, 2.45) is 0 Å². The van der Waals surface area contributed by atoms with Gasteiger partial charge < -0.3 is 13.9 Å². The normalized spacial score (nSPS) is 14.6. The molecule has 0 atom stereocenters. The number of hydrogen-bond donors (Lipinski definition) is 0. The molecule has 10 heteroatoms. The molecule has 0 radical (unpaired) electrons. The fourth-order valence-corrected chi connectivity index (χ4v) is 6.22. The van der Waals surface area contributed by atoms with Crippen LogP contribution in [0.25, 0.3) is 6.08 Å². The predicted octanol–water partition coefficient (Wildman–Crippen LogP) is 6.40. The van der Waals surface area contributed by atoms with Crippen LogP contribution >= 0.6 is 56.9 Å². The van der Waals surface area contributed by atoms with E-state index in [1.807, 2.05) is 31.2 Å². The Kier molecular flexibility index (Phi) is 8.22. The monoisotopic (exact) mass is 715 g/mol. The highest BCUT2D eigenvalue weighted by atomic mass is 127. The lowest BCUT2D eigenvalue weighted by Crippen LogP contribution is -2.27. The Morgan fingerprint density at radius 1 is 1.09 bits per heavy atom. The van der Waals surface area contributed by atoms with Gasteiger partial charge in [-0.2, -0.15) is 0 Å². The fourth-order valence-electron chi connectivity index (χ4n) is 3.26. The lowest BCUT2D eigenvalue weighted by Gasteiger charge is -2.12. The van der Waals surface area contributed by atoms with Gasteiger partial charge in [0.1, 0.15) is 18.1 Å². The van der Waals surface area contributed by atoms with Crippen LogP contribution in [0.15, 0.2) is 57.9 Å². The summed E-state index contributed by atoms with van der Waals surface area (Å²) in [5.74, 6) is 0.0600. The van der Waals surface area contributed by atoms with E-state index in [2.05, 4.69) is 62.1 Å². The molecule has 4 rings (SSSR count). The van der Waals surface area contributed by atoms with E-state index in [0.717, 1.165) is 40.7 Å². The standard InChI is InChI=1S/C25H19I2NO6S/c1-14-3-5-15(6-4-14)13-33-22-18(26)9-16(10-19(22)27)11-21-23(29)28(25(31)35-21)12-17-7-8-20(34-17)24(30)32-2/h3-11H,12-13H2,1-2H3/b21-11+. The first-order chi connectivity index (χ1) is 16.7. The summed E-state index contributed by atoms with van der Waals surface area (Å²) in [6.45, 7) is 2.43. The molecule has 0 aliphatic carbocycles. The Morgan fingerprint density at radius 3 is 2.43 bits per heavy atom. The van der Waals surface area contributed by atoms with Crippen molar-refractivity contribution >= 4 is 80.1 Å². The van der Waals surface area contributed by atoms with Crippen molar-refractivity contribution in [2.75, 3.05) is 7.11 Å². The zero-order valence-electron chi connectivity index (χ0n) is 18.7. The molecular formula is C25H19I2NO6S. The molecule has 0 saturated carbocycles. The number of rotatable bonds is 7. The van der Waals surface area contributed by atoms with Gasteiger partial charge in [-0.05, 0) is 105 Å². The van der Waals surface area contributed by atoms with Crippen LogP contribution in [0, 0.1) is 14.1 Å². The van der Waals surface area contributed by atoms with Gasteiger partial charge in [0.25, 0.3) is 11.1 Å². The number of carbonyl (C=O) groups excluding carboxylic acids is 3. The molecule has 3 aromatic rings. The van der Waals surface area contributed by atoms with Crippen LogP contribution in [-0.4, -0.2) is 29.1 Å². The number of methoxy groups -OCH3 is 1. The van der Waals surface area contributed by atoms with Crippen LogP contribution < -0.4 is 4.74 Å². The topological polar surface area (TPSA) is 86.0 Å². The highest BCUT2D eigenvalue weighted by Crippen LogP contribution is 2.36. The summed E-state index contributed by atoms with van der Waals surface area (Å²) in [5, 5.41) is -0.403. The van der Waals surface area contributed by atoms with Crippen LogP contribution in [-0.2, 0) is 22.7 Å². The van der Waals surface area contributed by atoms with Crippen molar-refractivity contribution in [1.29, 1.82) is 0 Å². The molecule has 1 saturated heterocycles. The van der Waals surface area contributed by atoms with Crippen molar-refractivity contribution in [2.45, 2.75) is 20.1 Å². The first-order valence-electron chi connectivity index (χ1n) is 10.3. The summed E-state index contributed by atoms with van der Waals surface area (Å²) in [6.07, 6.45) is 1.70. The molecule has 0 bridgehead atoms. The zero-order chi connectivity index (χ0) is 25.1. The van der Waals surface area contributed by atoms with E-state index < -0.39 is 17.1 Å². The van der Waals surface area contributed by atoms with Gasteiger partial charge >= 0.3 is 5.97 Å². The number of aryl methyl sites for hydroxylation is 1. The number of nitrogens with zero attached hydrogens (tertiary/aromatic N) is 1. The molecule has 1 aliphatic rings. The number of halogens is 2. The highest BCUT2D eigenvalue weighted by Gasteiger charge is 2.36. The molecule has 0 unspecified atom stereocenters. The number of hydrogen-bond acceptors (Lipinski definition) is 7. The number of amides is 2. The Labute approximate surface area is 233 Å². The number of furan rings is 1. The van der Waals surface area contributed by atoms with Crippen LogP contribution in [0.5, 0.6) is 5.75 Å². The van der Waals surface area contributed by atoms with Gasteiger partial charge in [-0.15, -0.1) is 0 Å². The van der Waals surface area contributed by atoms with Gasteiger partial charge in [-0.3, -0.25) is 14.5 Å². The number of thioether (sulfide) groups is 1. The maximum atomic E-state index is 12.9. The second-order valence-corrected chi connectivity index (χ2v) is 10.9. The van der Waals surface area contributed by atoms with Crippen LogP contribution in [0.1, 0.15) is 33.0 Å². The number of benzene rings is 2. The fraction of sp³-hybridized carbons (Fsp3) is 0.160. The molecular weight excluding hydrogens is 696 g/mol. The van der Waals surface area contributed by atoms with E-state index in [9.17, 15) is 14.4 Å². The molecule has 0 N–H and O–H groups in total. The molecule has 0 spiro atoms. The van der Waals surface area contributed by atoms with Crippen LogP contribution in [0.4, 0.5) is 4.79 Å². The van der Waals surface area contributed by atoms with E-state index >= 15 is 0 Å². The van der Waals surface area contributed by atoms with Crippen molar-refractivity contribution in [3.63, 3.8) is 0 Å². The quantitative estimate of drug-likeness (QED) is 0.159. The first-order valence-corrected chi connectivity index (χ1v) is 13.3. The van der Waals surface area contributed by atoms with Crippen molar-refractivity contribution in [1.82, 2.24) is 4.90 Å². The SMILES string of the molecule is COC(=O)c1ccc(CN2C(=O)S/C(=C/c3cc(I)c(OCc4ccc(C)cc4)c(I)c3)C2=O)o1. The lowest BCUT2D eigenvalue weighted by molar-refractivity contribution is -0.123. The smallest absolute Gasteiger partial charge is 0.373 e. The van der Waals surface area contributed by atoms with E-state index in [-0.39, 0.29) is 12.3 Å². The van der Waals surface area contributed by atoms with E-state index in [1.54, 1.807) is 12.1 Å². The second kappa shape index (κ2) is 11.2.